The summed E-state index contributed by atoms with van der Waals surface area (Å²) in [4.78, 5) is 27.6. The number of rotatable bonds is 11. The van der Waals surface area contributed by atoms with Crippen molar-refractivity contribution in [3.05, 3.63) is 64.9 Å². The van der Waals surface area contributed by atoms with E-state index in [0.717, 1.165) is 17.0 Å². The fraction of sp³-hybridized carbons (Fsp3) is 0.391. The van der Waals surface area contributed by atoms with Crippen molar-refractivity contribution in [2.24, 2.45) is 0 Å². The van der Waals surface area contributed by atoms with Gasteiger partial charge in [0.15, 0.2) is 0 Å². The number of hydrogen-bond acceptors (Lipinski definition) is 4. The van der Waals surface area contributed by atoms with Gasteiger partial charge in [-0.05, 0) is 54.8 Å². The number of carbonyl (C=O) groups excluding carboxylic acids is 2. The molecule has 0 radical (unpaired) electrons. The van der Waals surface area contributed by atoms with E-state index < -0.39 is 34.3 Å². The normalized spacial score (nSPS) is 12.2. The molecule has 2 amide bonds. The summed E-state index contributed by atoms with van der Waals surface area (Å²) in [7, 11) is -3.81. The van der Waals surface area contributed by atoms with Crippen molar-refractivity contribution in [1.82, 2.24) is 10.2 Å². The molecular formula is C23H29ClFN3O4S. The summed E-state index contributed by atoms with van der Waals surface area (Å²) in [5.74, 6) is -1.30. The van der Waals surface area contributed by atoms with Crippen LogP contribution in [0, 0.1) is 5.82 Å². The zero-order valence-corrected chi connectivity index (χ0v) is 20.5. The number of amides is 2. The van der Waals surface area contributed by atoms with Gasteiger partial charge >= 0.3 is 0 Å². The minimum Gasteiger partial charge on any atom is -0.354 e. The molecule has 0 bridgehead atoms. The number of nitrogens with one attached hydrogen (secondary N) is 1. The summed E-state index contributed by atoms with van der Waals surface area (Å²) in [5.41, 5.74) is 0.893. The lowest BCUT2D eigenvalue weighted by molar-refractivity contribution is -0.140. The lowest BCUT2D eigenvalue weighted by atomic mass is 10.1. The molecule has 0 spiro atoms. The van der Waals surface area contributed by atoms with Gasteiger partial charge in [0.2, 0.25) is 21.8 Å². The molecule has 1 N–H and O–H groups in total. The first-order chi connectivity index (χ1) is 15.6. The number of nitrogens with zero attached hydrogens (tertiary/aromatic N) is 2. The second-order valence-electron chi connectivity index (χ2n) is 7.61. The number of anilines is 1. The van der Waals surface area contributed by atoms with Crippen LogP contribution in [0.1, 0.15) is 32.3 Å². The summed E-state index contributed by atoms with van der Waals surface area (Å²) in [6.45, 7) is 3.66. The molecule has 0 saturated heterocycles. The highest BCUT2D eigenvalue weighted by Crippen LogP contribution is 2.22. The highest BCUT2D eigenvalue weighted by molar-refractivity contribution is 7.92. The van der Waals surface area contributed by atoms with Crippen molar-refractivity contribution >= 4 is 39.1 Å². The van der Waals surface area contributed by atoms with Gasteiger partial charge < -0.3 is 10.2 Å². The van der Waals surface area contributed by atoms with E-state index in [1.165, 1.54) is 53.4 Å². The van der Waals surface area contributed by atoms with E-state index in [0.29, 0.717) is 23.6 Å². The van der Waals surface area contributed by atoms with Gasteiger partial charge in [-0.3, -0.25) is 13.9 Å². The maximum atomic E-state index is 13.4. The first kappa shape index (κ1) is 26.6. The number of halogens is 2. The molecule has 33 heavy (non-hydrogen) atoms. The van der Waals surface area contributed by atoms with Crippen molar-refractivity contribution in [3.8, 4) is 0 Å². The predicted octanol–water partition coefficient (Wildman–Crippen LogP) is 3.58. The Labute approximate surface area is 199 Å². The largest absolute Gasteiger partial charge is 0.354 e. The fourth-order valence-electron chi connectivity index (χ4n) is 3.29. The van der Waals surface area contributed by atoms with Gasteiger partial charge in [-0.2, -0.15) is 0 Å². The first-order valence-corrected chi connectivity index (χ1v) is 12.8. The van der Waals surface area contributed by atoms with Crippen molar-refractivity contribution in [2.75, 3.05) is 23.7 Å². The number of benzene rings is 2. The van der Waals surface area contributed by atoms with Gasteiger partial charge in [0, 0.05) is 18.1 Å². The van der Waals surface area contributed by atoms with Crippen molar-refractivity contribution in [2.45, 2.75) is 39.3 Å². The van der Waals surface area contributed by atoms with Gasteiger partial charge in [0.25, 0.3) is 0 Å². The second kappa shape index (κ2) is 12.0. The standard InChI is InChI=1S/C23H29ClFN3O4S/c1-4-14-26-23(30)21(5-2)27(15-17-6-10-19(25)11-7-17)22(29)16-28(33(3,31)32)20-12-8-18(24)9-13-20/h6-13,21H,4-5,14-16H2,1-3H3,(H,26,30). The van der Waals surface area contributed by atoms with Crippen LogP contribution in [0.2, 0.25) is 5.02 Å². The molecule has 0 aliphatic carbocycles. The number of hydrogen-bond donors (Lipinski definition) is 1. The van der Waals surface area contributed by atoms with Crippen LogP contribution in [0.15, 0.2) is 48.5 Å². The molecule has 0 aliphatic heterocycles. The lowest BCUT2D eigenvalue weighted by Crippen LogP contribution is -2.52. The molecule has 0 saturated carbocycles. The third-order valence-electron chi connectivity index (χ3n) is 5.00. The zero-order valence-electron chi connectivity index (χ0n) is 18.9. The summed E-state index contributed by atoms with van der Waals surface area (Å²) >= 11 is 5.91. The van der Waals surface area contributed by atoms with E-state index in [1.54, 1.807) is 6.92 Å². The van der Waals surface area contributed by atoms with Gasteiger partial charge in [-0.25, -0.2) is 12.8 Å². The molecule has 1 atom stereocenters. The van der Waals surface area contributed by atoms with Gasteiger partial charge in [-0.1, -0.05) is 37.6 Å². The SMILES string of the molecule is CCCNC(=O)C(CC)N(Cc1ccc(F)cc1)C(=O)CN(c1ccc(Cl)cc1)S(C)(=O)=O. The number of carbonyl (C=O) groups is 2. The Balaban J connectivity index is 2.39. The minimum atomic E-state index is -3.81. The van der Waals surface area contributed by atoms with E-state index in [1.807, 2.05) is 6.92 Å². The Morgan fingerprint density at radius 1 is 1.06 bits per heavy atom. The first-order valence-electron chi connectivity index (χ1n) is 10.6. The maximum Gasteiger partial charge on any atom is 0.244 e. The molecule has 0 heterocycles. The van der Waals surface area contributed by atoms with Crippen molar-refractivity contribution in [1.29, 1.82) is 0 Å². The molecule has 2 aromatic carbocycles. The predicted molar refractivity (Wildman–Crippen MR) is 128 cm³/mol. The van der Waals surface area contributed by atoms with Crippen molar-refractivity contribution < 1.29 is 22.4 Å². The number of sulfonamides is 1. The lowest BCUT2D eigenvalue weighted by Gasteiger charge is -2.32. The average molecular weight is 498 g/mol. The summed E-state index contributed by atoms with van der Waals surface area (Å²) < 4.78 is 39.3. The fourth-order valence-corrected chi connectivity index (χ4v) is 4.27. The zero-order chi connectivity index (χ0) is 24.6. The highest BCUT2D eigenvalue weighted by Gasteiger charge is 2.31. The molecule has 7 nitrogen and oxygen atoms in total. The third kappa shape index (κ3) is 7.71. The summed E-state index contributed by atoms with van der Waals surface area (Å²) in [6, 6.07) is 10.9. The maximum absolute atomic E-state index is 13.4. The summed E-state index contributed by atoms with van der Waals surface area (Å²) in [6.07, 6.45) is 2.05. The molecule has 0 fully saturated rings. The average Bonchev–Trinajstić information content (AvgIpc) is 2.77. The Kier molecular flexibility index (Phi) is 9.67. The second-order valence-corrected chi connectivity index (χ2v) is 9.95. The van der Waals surface area contributed by atoms with E-state index in [9.17, 15) is 22.4 Å². The molecule has 1 unspecified atom stereocenters. The van der Waals surface area contributed by atoms with Crippen LogP contribution in [0.5, 0.6) is 0 Å². The Morgan fingerprint density at radius 3 is 2.18 bits per heavy atom. The Morgan fingerprint density at radius 2 is 1.67 bits per heavy atom. The smallest absolute Gasteiger partial charge is 0.244 e. The molecule has 0 aliphatic rings. The van der Waals surface area contributed by atoms with Crippen LogP contribution < -0.4 is 9.62 Å². The van der Waals surface area contributed by atoms with Crippen LogP contribution >= 0.6 is 11.6 Å². The molecule has 2 aromatic rings. The minimum absolute atomic E-state index is 0.0232. The summed E-state index contributed by atoms with van der Waals surface area (Å²) in [5, 5.41) is 3.22. The van der Waals surface area contributed by atoms with Gasteiger partial charge in [-0.15, -0.1) is 0 Å². The van der Waals surface area contributed by atoms with Crippen LogP contribution in [-0.2, 0) is 26.2 Å². The topological polar surface area (TPSA) is 86.8 Å². The molecular weight excluding hydrogens is 469 g/mol. The van der Waals surface area contributed by atoms with Crippen LogP contribution in [0.3, 0.4) is 0 Å². The van der Waals surface area contributed by atoms with Gasteiger partial charge in [0.05, 0.1) is 11.9 Å². The molecule has 10 heteroatoms. The highest BCUT2D eigenvalue weighted by atomic mass is 35.5. The van der Waals surface area contributed by atoms with E-state index in [2.05, 4.69) is 5.32 Å². The van der Waals surface area contributed by atoms with E-state index >= 15 is 0 Å². The molecule has 180 valence electrons. The molecule has 2 rings (SSSR count). The Hall–Kier alpha value is -2.65. The van der Waals surface area contributed by atoms with Crippen molar-refractivity contribution in [3.63, 3.8) is 0 Å². The monoisotopic (exact) mass is 497 g/mol. The Bertz CT molecular complexity index is 1050. The quantitative estimate of drug-likeness (QED) is 0.514. The van der Waals surface area contributed by atoms with Crippen LogP contribution in [0.4, 0.5) is 10.1 Å². The van der Waals surface area contributed by atoms with Gasteiger partial charge in [0.1, 0.15) is 18.4 Å². The van der Waals surface area contributed by atoms with E-state index in [4.69, 9.17) is 11.6 Å². The van der Waals surface area contributed by atoms with E-state index in [-0.39, 0.29) is 18.1 Å². The van der Waals surface area contributed by atoms with Crippen LogP contribution in [-0.4, -0.2) is 50.5 Å². The third-order valence-corrected chi connectivity index (χ3v) is 6.39. The molecule has 0 aromatic heterocycles. The van der Waals surface area contributed by atoms with Crippen LogP contribution in [0.25, 0.3) is 0 Å².